The summed E-state index contributed by atoms with van der Waals surface area (Å²) in [6.45, 7) is 5.36. The van der Waals surface area contributed by atoms with Gasteiger partial charge in [0, 0.05) is 49.9 Å². The fourth-order valence-corrected chi connectivity index (χ4v) is 6.46. The third-order valence-electron chi connectivity index (χ3n) is 6.93. The highest BCUT2D eigenvalue weighted by molar-refractivity contribution is 7.99. The van der Waals surface area contributed by atoms with Gasteiger partial charge < -0.3 is 4.90 Å². The number of rotatable bonds is 6. The second-order valence-electron chi connectivity index (χ2n) is 9.27. The Labute approximate surface area is 218 Å². The van der Waals surface area contributed by atoms with Crippen LogP contribution in [0.3, 0.4) is 0 Å². The van der Waals surface area contributed by atoms with E-state index in [0.717, 1.165) is 56.8 Å². The van der Waals surface area contributed by atoms with Gasteiger partial charge in [0.25, 0.3) is 0 Å². The fourth-order valence-electron chi connectivity index (χ4n) is 5.22. The Balaban J connectivity index is 1.36. The molecule has 2 aliphatic rings. The van der Waals surface area contributed by atoms with Crippen molar-refractivity contribution in [2.24, 2.45) is 0 Å². The predicted molar refractivity (Wildman–Crippen MR) is 148 cm³/mol. The van der Waals surface area contributed by atoms with E-state index >= 15 is 0 Å². The zero-order valence-corrected chi connectivity index (χ0v) is 21.7. The number of carbonyl (C=O) groups excluding carboxylic acids is 1. The minimum absolute atomic E-state index is 0.0357. The molecule has 0 bridgehead atoms. The zero-order chi connectivity index (χ0) is 24.7. The number of hydrazine groups is 1. The molecular formula is C30H34N4OS. The molecule has 0 saturated carbocycles. The van der Waals surface area contributed by atoms with Crippen LogP contribution in [0.5, 0.6) is 0 Å². The summed E-state index contributed by atoms with van der Waals surface area (Å²) >= 11 is 1.83. The molecule has 3 aromatic rings. The van der Waals surface area contributed by atoms with Gasteiger partial charge in [-0.1, -0.05) is 79.2 Å². The molecule has 5 rings (SSSR count). The van der Waals surface area contributed by atoms with E-state index < -0.39 is 0 Å². The van der Waals surface area contributed by atoms with Gasteiger partial charge in [-0.2, -0.15) is 0 Å². The largest absolute Gasteiger partial charge is 0.335 e. The van der Waals surface area contributed by atoms with Crippen molar-refractivity contribution < 1.29 is 4.79 Å². The summed E-state index contributed by atoms with van der Waals surface area (Å²) in [6, 6.07) is 25.6. The lowest BCUT2D eigenvalue weighted by Crippen LogP contribution is -2.54. The molecule has 0 aliphatic carbocycles. The maximum Gasteiger partial charge on any atom is 0.335 e. The van der Waals surface area contributed by atoms with Gasteiger partial charge in [0.2, 0.25) is 0 Å². The molecule has 5 nitrogen and oxygen atoms in total. The second-order valence-corrected chi connectivity index (χ2v) is 10.5. The Morgan fingerprint density at radius 3 is 2.19 bits per heavy atom. The standard InChI is InChI=1S/C30H34N4OS/c1-2-18-34(30(35)33-21-22-36-29(33)27-14-9-17-31-23-27)32-19-15-26(16-20-32)28(24-10-5-3-6-11-24)25-12-7-4-8-13-25/h3-14,17,23,29H,2,15-16,18-22H2,1H3. The molecule has 1 unspecified atom stereocenters. The third-order valence-corrected chi connectivity index (χ3v) is 8.19. The lowest BCUT2D eigenvalue weighted by atomic mass is 9.89. The van der Waals surface area contributed by atoms with E-state index in [0.29, 0.717) is 0 Å². The smallest absolute Gasteiger partial charge is 0.307 e. The molecule has 36 heavy (non-hydrogen) atoms. The molecule has 1 atom stereocenters. The molecule has 0 N–H and O–H groups in total. The van der Waals surface area contributed by atoms with E-state index in [4.69, 9.17) is 0 Å². The topological polar surface area (TPSA) is 39.7 Å². The van der Waals surface area contributed by atoms with Crippen LogP contribution in [0.25, 0.3) is 5.57 Å². The van der Waals surface area contributed by atoms with Crippen LogP contribution in [0.4, 0.5) is 4.79 Å². The molecule has 6 heteroatoms. The molecule has 0 spiro atoms. The average Bonchev–Trinajstić information content (AvgIpc) is 3.44. The van der Waals surface area contributed by atoms with Crippen LogP contribution in [0, 0.1) is 0 Å². The first-order valence-corrected chi connectivity index (χ1v) is 14.0. The number of hydrogen-bond acceptors (Lipinski definition) is 4. The number of aromatic nitrogens is 1. The van der Waals surface area contributed by atoms with Gasteiger partial charge in [0.15, 0.2) is 0 Å². The minimum Gasteiger partial charge on any atom is -0.307 e. The number of amides is 2. The van der Waals surface area contributed by atoms with Crippen LogP contribution in [0.15, 0.2) is 90.8 Å². The summed E-state index contributed by atoms with van der Waals surface area (Å²) in [7, 11) is 0. The number of carbonyl (C=O) groups is 1. The number of urea groups is 1. The minimum atomic E-state index is 0.0357. The Hall–Kier alpha value is -3.09. The number of nitrogens with zero attached hydrogens (tertiary/aromatic N) is 4. The first-order chi connectivity index (χ1) is 17.8. The molecule has 0 radical (unpaired) electrons. The summed E-state index contributed by atoms with van der Waals surface area (Å²) in [6.07, 6.45) is 6.51. The van der Waals surface area contributed by atoms with Crippen LogP contribution < -0.4 is 0 Å². The quantitative estimate of drug-likeness (QED) is 0.390. The summed E-state index contributed by atoms with van der Waals surface area (Å²) in [5.74, 6) is 0.954. The van der Waals surface area contributed by atoms with Gasteiger partial charge in [-0.15, -0.1) is 11.8 Å². The Kier molecular flexibility index (Phi) is 8.04. The van der Waals surface area contributed by atoms with E-state index in [2.05, 4.69) is 83.6 Å². The molecule has 2 amide bonds. The lowest BCUT2D eigenvalue weighted by molar-refractivity contribution is -0.00800. The number of hydrogen-bond donors (Lipinski definition) is 0. The van der Waals surface area contributed by atoms with Crippen LogP contribution in [0.2, 0.25) is 0 Å². The van der Waals surface area contributed by atoms with Gasteiger partial charge in [0.05, 0.1) is 0 Å². The van der Waals surface area contributed by atoms with Crippen molar-refractivity contribution in [3.63, 3.8) is 0 Å². The second kappa shape index (κ2) is 11.8. The molecule has 1 aromatic heterocycles. The SMILES string of the molecule is CCCN(C(=O)N1CCSC1c1cccnc1)N1CCC(=C(c2ccccc2)c2ccccc2)CC1. The van der Waals surface area contributed by atoms with Crippen molar-refractivity contribution in [2.45, 2.75) is 31.6 Å². The Bertz CT molecular complexity index is 1120. The molecular weight excluding hydrogens is 464 g/mol. The van der Waals surface area contributed by atoms with Crippen molar-refractivity contribution >= 4 is 23.4 Å². The van der Waals surface area contributed by atoms with Crippen LogP contribution >= 0.6 is 11.8 Å². The molecule has 2 saturated heterocycles. The molecule has 2 aromatic carbocycles. The maximum atomic E-state index is 13.8. The van der Waals surface area contributed by atoms with Crippen molar-refractivity contribution in [1.29, 1.82) is 0 Å². The predicted octanol–water partition coefficient (Wildman–Crippen LogP) is 6.47. The molecule has 2 fully saturated rings. The lowest BCUT2D eigenvalue weighted by Gasteiger charge is -2.41. The van der Waals surface area contributed by atoms with E-state index in [1.54, 1.807) is 6.20 Å². The normalized spacial score (nSPS) is 18.3. The zero-order valence-electron chi connectivity index (χ0n) is 20.9. The average molecular weight is 499 g/mol. The van der Waals surface area contributed by atoms with Crippen molar-refractivity contribution in [3.8, 4) is 0 Å². The fraction of sp³-hybridized carbons (Fsp3) is 0.333. The number of thioether (sulfide) groups is 1. The van der Waals surface area contributed by atoms with E-state index in [1.165, 1.54) is 22.3 Å². The van der Waals surface area contributed by atoms with E-state index in [9.17, 15) is 4.79 Å². The van der Waals surface area contributed by atoms with Crippen LogP contribution in [-0.2, 0) is 0 Å². The summed E-state index contributed by atoms with van der Waals surface area (Å²) < 4.78 is 0. The van der Waals surface area contributed by atoms with Crippen molar-refractivity contribution in [1.82, 2.24) is 19.9 Å². The van der Waals surface area contributed by atoms with Crippen molar-refractivity contribution in [3.05, 3.63) is 107 Å². The highest BCUT2D eigenvalue weighted by atomic mass is 32.2. The van der Waals surface area contributed by atoms with Crippen LogP contribution in [0.1, 0.15) is 48.3 Å². The van der Waals surface area contributed by atoms with Crippen molar-refractivity contribution in [2.75, 3.05) is 31.9 Å². The van der Waals surface area contributed by atoms with Crippen LogP contribution in [-0.4, -0.2) is 57.9 Å². The van der Waals surface area contributed by atoms with E-state index in [1.807, 2.05) is 33.9 Å². The van der Waals surface area contributed by atoms with Gasteiger partial charge in [-0.3, -0.25) is 9.99 Å². The molecule has 2 aliphatic heterocycles. The first kappa shape index (κ1) is 24.6. The summed E-state index contributed by atoms with van der Waals surface area (Å²) in [5, 5.41) is 4.33. The number of piperidine rings is 1. The first-order valence-electron chi connectivity index (χ1n) is 12.9. The van der Waals surface area contributed by atoms with Gasteiger partial charge >= 0.3 is 6.03 Å². The summed E-state index contributed by atoms with van der Waals surface area (Å²) in [4.78, 5) is 20.2. The monoisotopic (exact) mass is 498 g/mol. The maximum absolute atomic E-state index is 13.8. The van der Waals surface area contributed by atoms with Gasteiger partial charge in [-0.05, 0) is 42.0 Å². The molecule has 186 valence electrons. The highest BCUT2D eigenvalue weighted by Crippen LogP contribution is 2.39. The number of pyridine rings is 1. The Morgan fingerprint density at radius 1 is 0.944 bits per heavy atom. The van der Waals surface area contributed by atoms with Gasteiger partial charge in [-0.25, -0.2) is 9.80 Å². The highest BCUT2D eigenvalue weighted by Gasteiger charge is 2.36. The third kappa shape index (κ3) is 5.35. The Morgan fingerprint density at radius 2 is 1.61 bits per heavy atom. The number of benzene rings is 2. The molecule has 3 heterocycles. The van der Waals surface area contributed by atoms with E-state index in [-0.39, 0.29) is 11.4 Å². The van der Waals surface area contributed by atoms with Gasteiger partial charge in [0.1, 0.15) is 5.37 Å². The summed E-state index contributed by atoms with van der Waals surface area (Å²) in [5.41, 5.74) is 6.45.